The van der Waals surface area contributed by atoms with Crippen molar-refractivity contribution in [2.24, 2.45) is 0 Å². The van der Waals surface area contributed by atoms with Crippen LogP contribution < -0.4 is 19.5 Å². The van der Waals surface area contributed by atoms with Crippen LogP contribution in [0.5, 0.6) is 17.2 Å². The lowest BCUT2D eigenvalue weighted by Gasteiger charge is -2.18. The molecule has 7 nitrogen and oxygen atoms in total. The van der Waals surface area contributed by atoms with Crippen LogP contribution in [0.3, 0.4) is 0 Å². The first-order chi connectivity index (χ1) is 17.0. The molecule has 186 valence electrons. The number of carbonyl (C=O) groups is 1. The fraction of sp³-hybridized carbons (Fsp3) is 0.321. The Bertz CT molecular complexity index is 1030. The minimum atomic E-state index is -0.652. The van der Waals surface area contributed by atoms with E-state index in [1.54, 1.807) is 0 Å². The second-order valence-electron chi connectivity index (χ2n) is 8.24. The second kappa shape index (κ2) is 14.0. The van der Waals surface area contributed by atoms with Crippen molar-refractivity contribution in [1.82, 2.24) is 5.32 Å². The number of carbonyl (C=O) groups excluding carboxylic acids is 1. The largest absolute Gasteiger partial charge is 0.491 e. The molecule has 0 amide bonds. The van der Waals surface area contributed by atoms with E-state index in [4.69, 9.17) is 14.2 Å². The first-order valence-corrected chi connectivity index (χ1v) is 11.6. The summed E-state index contributed by atoms with van der Waals surface area (Å²) in [4.78, 5) is 11.2. The second-order valence-corrected chi connectivity index (χ2v) is 8.24. The third kappa shape index (κ3) is 9.68. The molecule has 0 aliphatic rings. The molecule has 3 aromatic rings. The van der Waals surface area contributed by atoms with Crippen LogP contribution in [0, 0.1) is 0 Å². The van der Waals surface area contributed by atoms with Crippen molar-refractivity contribution in [2.45, 2.75) is 32.1 Å². The van der Waals surface area contributed by atoms with Crippen molar-refractivity contribution in [3.63, 3.8) is 0 Å². The molecule has 0 fully saturated rings. The Kier molecular flexibility index (Phi) is 10.4. The minimum absolute atomic E-state index is 0.112. The highest BCUT2D eigenvalue weighted by Crippen LogP contribution is 2.20. The third-order valence-corrected chi connectivity index (χ3v) is 5.25. The topological polar surface area (TPSA) is 86.3 Å². The average molecular weight is 480 g/mol. The molecule has 0 saturated heterocycles. The summed E-state index contributed by atoms with van der Waals surface area (Å²) in [5, 5.41) is 13.7. The SMILES string of the molecule is COC(=O)COc1ccc(C[C@@H](C)NC[C@H](O)COc2cccc(OCc3ccccc3)c2)cc1. The summed E-state index contributed by atoms with van der Waals surface area (Å²) < 4.78 is 21.5. The summed E-state index contributed by atoms with van der Waals surface area (Å²) in [6.45, 7) is 3.01. The van der Waals surface area contributed by atoms with E-state index in [9.17, 15) is 9.90 Å². The molecule has 0 bridgehead atoms. The normalized spacial score (nSPS) is 12.4. The van der Waals surface area contributed by atoms with Crippen molar-refractivity contribution in [1.29, 1.82) is 0 Å². The number of nitrogens with one attached hydrogen (secondary N) is 1. The molecule has 0 aromatic heterocycles. The Morgan fingerprint density at radius 2 is 1.57 bits per heavy atom. The van der Waals surface area contributed by atoms with Crippen molar-refractivity contribution in [2.75, 3.05) is 26.9 Å². The summed E-state index contributed by atoms with van der Waals surface area (Å²) in [7, 11) is 1.33. The fourth-order valence-corrected chi connectivity index (χ4v) is 3.33. The maximum atomic E-state index is 11.2. The van der Waals surface area contributed by atoms with Gasteiger partial charge >= 0.3 is 5.97 Å². The van der Waals surface area contributed by atoms with Gasteiger partial charge in [0, 0.05) is 18.7 Å². The van der Waals surface area contributed by atoms with E-state index in [-0.39, 0.29) is 19.3 Å². The number of methoxy groups -OCH3 is 1. The smallest absolute Gasteiger partial charge is 0.343 e. The Hall–Kier alpha value is -3.55. The number of aliphatic hydroxyl groups is 1. The van der Waals surface area contributed by atoms with E-state index in [1.807, 2.05) is 78.9 Å². The van der Waals surface area contributed by atoms with E-state index in [0.717, 1.165) is 17.5 Å². The quantitative estimate of drug-likeness (QED) is 0.340. The lowest BCUT2D eigenvalue weighted by molar-refractivity contribution is -0.142. The highest BCUT2D eigenvalue weighted by molar-refractivity contribution is 5.70. The molecular weight excluding hydrogens is 446 g/mol. The zero-order valence-electron chi connectivity index (χ0n) is 20.2. The molecule has 7 heteroatoms. The minimum Gasteiger partial charge on any atom is -0.491 e. The van der Waals surface area contributed by atoms with Crippen LogP contribution >= 0.6 is 0 Å². The van der Waals surface area contributed by atoms with Gasteiger partial charge in [0.2, 0.25) is 0 Å². The van der Waals surface area contributed by atoms with Crippen molar-refractivity contribution < 1.29 is 28.8 Å². The van der Waals surface area contributed by atoms with Gasteiger partial charge in [-0.3, -0.25) is 0 Å². The van der Waals surface area contributed by atoms with Gasteiger partial charge in [0.25, 0.3) is 0 Å². The van der Waals surface area contributed by atoms with E-state index >= 15 is 0 Å². The third-order valence-electron chi connectivity index (χ3n) is 5.25. The number of aliphatic hydroxyl groups excluding tert-OH is 1. The molecule has 3 aromatic carbocycles. The van der Waals surface area contributed by atoms with Gasteiger partial charge in [-0.15, -0.1) is 0 Å². The molecule has 0 unspecified atom stereocenters. The van der Waals surface area contributed by atoms with E-state index in [1.165, 1.54) is 7.11 Å². The molecule has 0 saturated carbocycles. The molecule has 0 heterocycles. The fourth-order valence-electron chi connectivity index (χ4n) is 3.33. The van der Waals surface area contributed by atoms with E-state index in [0.29, 0.717) is 30.4 Å². The van der Waals surface area contributed by atoms with Gasteiger partial charge in [0.15, 0.2) is 6.61 Å². The maximum absolute atomic E-state index is 11.2. The van der Waals surface area contributed by atoms with Gasteiger partial charge in [-0.05, 0) is 48.7 Å². The number of benzene rings is 3. The van der Waals surface area contributed by atoms with E-state index < -0.39 is 12.1 Å². The number of hydrogen-bond donors (Lipinski definition) is 2. The van der Waals surface area contributed by atoms with Gasteiger partial charge in [0.1, 0.15) is 36.6 Å². The first-order valence-electron chi connectivity index (χ1n) is 11.6. The zero-order chi connectivity index (χ0) is 24.9. The lowest BCUT2D eigenvalue weighted by atomic mass is 10.1. The summed E-state index contributed by atoms with van der Waals surface area (Å²) >= 11 is 0. The molecule has 0 radical (unpaired) electrons. The zero-order valence-corrected chi connectivity index (χ0v) is 20.2. The highest BCUT2D eigenvalue weighted by atomic mass is 16.6. The number of ether oxygens (including phenoxy) is 4. The summed E-state index contributed by atoms with van der Waals surface area (Å²) in [6.07, 6.45) is 0.131. The van der Waals surface area contributed by atoms with Crippen molar-refractivity contribution in [3.8, 4) is 17.2 Å². The monoisotopic (exact) mass is 479 g/mol. The Morgan fingerprint density at radius 3 is 2.29 bits per heavy atom. The Balaban J connectivity index is 1.35. The molecule has 0 aliphatic heterocycles. The van der Waals surface area contributed by atoms with Gasteiger partial charge in [-0.2, -0.15) is 0 Å². The lowest BCUT2D eigenvalue weighted by Crippen LogP contribution is -2.37. The average Bonchev–Trinajstić information content (AvgIpc) is 2.90. The van der Waals surface area contributed by atoms with Gasteiger partial charge < -0.3 is 29.4 Å². The summed E-state index contributed by atoms with van der Waals surface area (Å²) in [6, 6.07) is 25.1. The molecular formula is C28H33NO6. The van der Waals surface area contributed by atoms with Crippen LogP contribution in [-0.4, -0.2) is 50.1 Å². The summed E-state index contributed by atoms with van der Waals surface area (Å²) in [5.41, 5.74) is 2.21. The van der Waals surface area contributed by atoms with Crippen LogP contribution in [0.1, 0.15) is 18.1 Å². The van der Waals surface area contributed by atoms with Crippen molar-refractivity contribution in [3.05, 3.63) is 90.0 Å². The van der Waals surface area contributed by atoms with Crippen LogP contribution in [0.2, 0.25) is 0 Å². The van der Waals surface area contributed by atoms with Gasteiger partial charge in [-0.1, -0.05) is 48.5 Å². The van der Waals surface area contributed by atoms with Crippen LogP contribution in [-0.2, 0) is 22.6 Å². The number of hydrogen-bond acceptors (Lipinski definition) is 7. The number of rotatable bonds is 14. The standard InChI is InChI=1S/C28H33NO6/c1-21(15-22-11-13-25(14-12-22)35-20-28(31)32-2)29-17-24(30)19-34-27-10-6-9-26(16-27)33-18-23-7-4-3-5-8-23/h3-14,16,21,24,29-30H,15,17-20H2,1-2H3/t21-,24+/m1/s1. The molecule has 35 heavy (non-hydrogen) atoms. The van der Waals surface area contributed by atoms with Crippen LogP contribution in [0.25, 0.3) is 0 Å². The molecule has 0 spiro atoms. The maximum Gasteiger partial charge on any atom is 0.343 e. The molecule has 0 aliphatic carbocycles. The van der Waals surface area contributed by atoms with Crippen LogP contribution in [0.4, 0.5) is 0 Å². The predicted molar refractivity (Wildman–Crippen MR) is 134 cm³/mol. The van der Waals surface area contributed by atoms with Gasteiger partial charge in [0.05, 0.1) is 7.11 Å². The molecule has 2 N–H and O–H groups in total. The molecule has 3 rings (SSSR count). The van der Waals surface area contributed by atoms with Crippen molar-refractivity contribution >= 4 is 5.97 Å². The predicted octanol–water partition coefficient (Wildman–Crippen LogP) is 3.78. The Morgan fingerprint density at radius 1 is 0.857 bits per heavy atom. The summed E-state index contributed by atoms with van der Waals surface area (Å²) in [5.74, 6) is 1.56. The van der Waals surface area contributed by atoms with Gasteiger partial charge in [-0.25, -0.2) is 4.79 Å². The Labute approximate surface area is 206 Å². The first kappa shape index (κ1) is 26.1. The molecule has 2 atom stereocenters. The van der Waals surface area contributed by atoms with E-state index in [2.05, 4.69) is 17.0 Å². The van der Waals surface area contributed by atoms with Crippen LogP contribution in [0.15, 0.2) is 78.9 Å². The number of esters is 1. The highest BCUT2D eigenvalue weighted by Gasteiger charge is 2.10.